The Kier molecular flexibility index (Phi) is 5.05. The summed E-state index contributed by atoms with van der Waals surface area (Å²) in [6, 6.07) is 14.5. The number of para-hydroxylation sites is 1. The average Bonchev–Trinajstić information content (AvgIpc) is 3.00. The van der Waals surface area contributed by atoms with Crippen molar-refractivity contribution in [3.8, 4) is 0 Å². The van der Waals surface area contributed by atoms with Crippen LogP contribution in [0.5, 0.6) is 0 Å². The summed E-state index contributed by atoms with van der Waals surface area (Å²) in [7, 11) is 1.32. The van der Waals surface area contributed by atoms with Gasteiger partial charge in [-0.05, 0) is 42.3 Å². The number of aromatic amines is 1. The molecular weight excluding hydrogens is 340 g/mol. The molecule has 0 saturated heterocycles. The number of H-pyrrole nitrogens is 1. The molecule has 3 rings (SSSR count). The summed E-state index contributed by atoms with van der Waals surface area (Å²) in [5.41, 5.74) is 2.83. The third-order valence-electron chi connectivity index (χ3n) is 3.98. The highest BCUT2D eigenvalue weighted by Gasteiger charge is 2.19. The number of hydrogen-bond donors (Lipinski definition) is 2. The number of methoxy groups -OCH3 is 1. The van der Waals surface area contributed by atoms with Crippen molar-refractivity contribution in [3.63, 3.8) is 0 Å². The number of halogens is 1. The Morgan fingerprint density at radius 1 is 1.12 bits per heavy atom. The summed E-state index contributed by atoms with van der Waals surface area (Å²) in [6.45, 7) is 0.370. The van der Waals surface area contributed by atoms with Gasteiger partial charge >= 0.3 is 6.09 Å². The van der Waals surface area contributed by atoms with E-state index < -0.39 is 6.09 Å². The highest BCUT2D eigenvalue weighted by molar-refractivity contribution is 6.30. The van der Waals surface area contributed by atoms with Gasteiger partial charge in [0.15, 0.2) is 0 Å². The van der Waals surface area contributed by atoms with Crippen LogP contribution in [-0.4, -0.2) is 30.5 Å². The third-order valence-corrected chi connectivity index (χ3v) is 4.23. The predicted octanol–water partition coefficient (Wildman–Crippen LogP) is 3.95. The molecule has 0 aliphatic heterocycles. The van der Waals surface area contributed by atoms with E-state index in [-0.39, 0.29) is 5.78 Å². The molecule has 0 radical (unpaired) electrons. The van der Waals surface area contributed by atoms with Crippen LogP contribution in [0.2, 0.25) is 5.02 Å². The highest BCUT2D eigenvalue weighted by atomic mass is 35.5. The van der Waals surface area contributed by atoms with Crippen molar-refractivity contribution in [2.45, 2.75) is 6.42 Å². The third kappa shape index (κ3) is 3.67. The zero-order valence-corrected chi connectivity index (χ0v) is 14.4. The number of ketones is 1. The van der Waals surface area contributed by atoms with Crippen LogP contribution < -0.4 is 5.32 Å². The lowest BCUT2D eigenvalue weighted by Crippen LogP contribution is -2.25. The lowest BCUT2D eigenvalue weighted by Gasteiger charge is -2.06. The minimum atomic E-state index is -0.495. The molecule has 0 fully saturated rings. The van der Waals surface area contributed by atoms with Crippen molar-refractivity contribution in [2.75, 3.05) is 13.7 Å². The van der Waals surface area contributed by atoms with Crippen molar-refractivity contribution in [1.82, 2.24) is 10.3 Å². The summed E-state index contributed by atoms with van der Waals surface area (Å²) in [5.74, 6) is -0.110. The zero-order chi connectivity index (χ0) is 17.8. The van der Waals surface area contributed by atoms with Gasteiger partial charge in [-0.1, -0.05) is 29.8 Å². The minimum absolute atomic E-state index is 0.110. The molecule has 1 aromatic heterocycles. The Bertz CT molecular complexity index is 916. The van der Waals surface area contributed by atoms with Crippen LogP contribution in [0.3, 0.4) is 0 Å². The second-order valence-corrected chi connectivity index (χ2v) is 5.96. The van der Waals surface area contributed by atoms with E-state index >= 15 is 0 Å². The number of alkyl carbamates (subject to hydrolysis) is 1. The van der Waals surface area contributed by atoms with Gasteiger partial charge < -0.3 is 15.0 Å². The van der Waals surface area contributed by atoms with Gasteiger partial charge in [-0.25, -0.2) is 4.79 Å². The van der Waals surface area contributed by atoms with E-state index in [2.05, 4.69) is 15.0 Å². The van der Waals surface area contributed by atoms with Crippen LogP contribution in [0, 0.1) is 0 Å². The van der Waals surface area contributed by atoms with E-state index in [1.165, 1.54) is 7.11 Å². The van der Waals surface area contributed by atoms with E-state index in [0.717, 1.165) is 16.5 Å². The molecule has 0 aliphatic carbocycles. The number of hydrogen-bond acceptors (Lipinski definition) is 3. The Hall–Kier alpha value is -2.79. The number of aromatic nitrogens is 1. The first kappa shape index (κ1) is 17.0. The summed E-state index contributed by atoms with van der Waals surface area (Å²) in [5, 5.41) is 4.19. The molecule has 0 saturated carbocycles. The van der Waals surface area contributed by atoms with Gasteiger partial charge in [0.25, 0.3) is 0 Å². The molecule has 3 aromatic rings. The van der Waals surface area contributed by atoms with Crippen molar-refractivity contribution >= 4 is 34.4 Å². The fourth-order valence-corrected chi connectivity index (χ4v) is 2.89. The quantitative estimate of drug-likeness (QED) is 0.680. The Balaban J connectivity index is 1.95. The van der Waals surface area contributed by atoms with Crippen LogP contribution in [0.15, 0.2) is 48.5 Å². The molecular formula is C19H17ClN2O3. The van der Waals surface area contributed by atoms with Crippen LogP contribution in [0.1, 0.15) is 21.6 Å². The molecule has 5 nitrogen and oxygen atoms in total. The number of ether oxygens (including phenoxy) is 1. The molecule has 2 N–H and O–H groups in total. The first-order chi connectivity index (χ1) is 12.1. The van der Waals surface area contributed by atoms with Gasteiger partial charge in [-0.2, -0.15) is 0 Å². The highest BCUT2D eigenvalue weighted by Crippen LogP contribution is 2.25. The molecule has 0 bridgehead atoms. The van der Waals surface area contributed by atoms with Crippen molar-refractivity contribution in [1.29, 1.82) is 0 Å². The molecule has 0 spiro atoms. The Morgan fingerprint density at radius 3 is 2.56 bits per heavy atom. The summed E-state index contributed by atoms with van der Waals surface area (Å²) in [6.07, 6.45) is 0.0127. The van der Waals surface area contributed by atoms with Crippen molar-refractivity contribution in [3.05, 3.63) is 70.4 Å². The topological polar surface area (TPSA) is 71.2 Å². The van der Waals surface area contributed by atoms with E-state index in [9.17, 15) is 9.59 Å². The standard InChI is InChI=1S/C19H17ClN2O3/c1-25-19(24)21-11-10-15-14-4-2-3-5-16(14)22-17(15)18(23)12-6-8-13(20)9-7-12/h2-9,22H,10-11H2,1H3,(H,21,24). The maximum absolute atomic E-state index is 12.9. The van der Waals surface area contributed by atoms with E-state index in [1.54, 1.807) is 24.3 Å². The first-order valence-electron chi connectivity index (χ1n) is 7.82. The molecule has 0 aliphatic rings. The molecule has 6 heteroatoms. The van der Waals surface area contributed by atoms with Gasteiger partial charge in [0.2, 0.25) is 5.78 Å². The minimum Gasteiger partial charge on any atom is -0.453 e. The van der Waals surface area contributed by atoms with Gasteiger partial charge in [0.1, 0.15) is 0 Å². The maximum atomic E-state index is 12.9. The molecule has 1 amide bonds. The number of benzene rings is 2. The molecule has 0 unspecified atom stereocenters. The number of nitrogens with one attached hydrogen (secondary N) is 2. The fourth-order valence-electron chi connectivity index (χ4n) is 2.76. The zero-order valence-electron chi connectivity index (χ0n) is 13.6. The Morgan fingerprint density at radius 2 is 1.84 bits per heavy atom. The lowest BCUT2D eigenvalue weighted by molar-refractivity contribution is 0.103. The number of rotatable bonds is 5. The summed E-state index contributed by atoms with van der Waals surface area (Å²) in [4.78, 5) is 27.4. The molecule has 25 heavy (non-hydrogen) atoms. The molecule has 0 atom stereocenters. The normalized spacial score (nSPS) is 10.6. The second-order valence-electron chi connectivity index (χ2n) is 5.53. The average molecular weight is 357 g/mol. The van der Waals surface area contributed by atoms with Crippen molar-refractivity contribution < 1.29 is 14.3 Å². The maximum Gasteiger partial charge on any atom is 0.406 e. The SMILES string of the molecule is COC(=O)NCCc1c(C(=O)c2ccc(Cl)cc2)[nH]c2ccccc12. The van der Waals surface area contributed by atoms with E-state index in [0.29, 0.717) is 29.2 Å². The van der Waals surface area contributed by atoms with Crippen LogP contribution >= 0.6 is 11.6 Å². The summed E-state index contributed by atoms with van der Waals surface area (Å²) < 4.78 is 4.58. The van der Waals surface area contributed by atoms with E-state index in [4.69, 9.17) is 11.6 Å². The van der Waals surface area contributed by atoms with Gasteiger partial charge in [0.05, 0.1) is 12.8 Å². The predicted molar refractivity (Wildman–Crippen MR) is 97.3 cm³/mol. The fraction of sp³-hybridized carbons (Fsp3) is 0.158. The van der Waals surface area contributed by atoms with Crippen LogP contribution in [-0.2, 0) is 11.2 Å². The van der Waals surface area contributed by atoms with Crippen LogP contribution in [0.25, 0.3) is 10.9 Å². The van der Waals surface area contributed by atoms with E-state index in [1.807, 2.05) is 24.3 Å². The molecule has 1 heterocycles. The van der Waals surface area contributed by atoms with Crippen LogP contribution in [0.4, 0.5) is 4.79 Å². The molecule has 2 aromatic carbocycles. The van der Waals surface area contributed by atoms with Gasteiger partial charge in [-0.15, -0.1) is 0 Å². The number of carbonyl (C=O) groups is 2. The lowest BCUT2D eigenvalue weighted by atomic mass is 10.0. The monoisotopic (exact) mass is 356 g/mol. The Labute approximate surface area is 149 Å². The van der Waals surface area contributed by atoms with Gasteiger partial charge in [0, 0.05) is 28.0 Å². The summed E-state index contributed by atoms with van der Waals surface area (Å²) >= 11 is 5.90. The number of carbonyl (C=O) groups excluding carboxylic acids is 2. The first-order valence-corrected chi connectivity index (χ1v) is 8.19. The largest absolute Gasteiger partial charge is 0.453 e. The second kappa shape index (κ2) is 7.40. The van der Waals surface area contributed by atoms with Gasteiger partial charge in [-0.3, -0.25) is 4.79 Å². The number of amides is 1. The number of fused-ring (bicyclic) bond motifs is 1. The molecule has 128 valence electrons. The van der Waals surface area contributed by atoms with Crippen molar-refractivity contribution in [2.24, 2.45) is 0 Å². The smallest absolute Gasteiger partial charge is 0.406 e.